The number of rotatable bonds is 0. The lowest BCUT2D eigenvalue weighted by atomic mass is 9.84. The molecule has 2 aliphatic heterocycles. The first-order chi connectivity index (χ1) is 6.84. The average Bonchev–Trinajstić information content (AvgIpc) is 2.23. The summed E-state index contributed by atoms with van der Waals surface area (Å²) in [6, 6.07) is 8.72. The van der Waals surface area contributed by atoms with E-state index in [2.05, 4.69) is 24.3 Å². The van der Waals surface area contributed by atoms with Gasteiger partial charge in [0.05, 0.1) is 12.2 Å². The Kier molecular flexibility index (Phi) is 1.85. The van der Waals surface area contributed by atoms with Crippen LogP contribution in [-0.4, -0.2) is 12.1 Å². The number of hydrogen-bond acceptors (Lipinski definition) is 2. The Labute approximate surface area is 84.1 Å². The summed E-state index contributed by atoms with van der Waals surface area (Å²) in [5, 5.41) is 0. The SMILES string of the molecule is NC1CCC2Cc3ccccc3C1O2. The van der Waals surface area contributed by atoms with Crippen molar-refractivity contribution in [2.45, 2.75) is 37.5 Å². The molecule has 3 unspecified atom stereocenters. The molecule has 1 saturated heterocycles. The zero-order valence-electron chi connectivity index (χ0n) is 8.15. The van der Waals surface area contributed by atoms with Gasteiger partial charge in [-0.05, 0) is 30.4 Å². The Hall–Kier alpha value is -0.860. The van der Waals surface area contributed by atoms with Gasteiger partial charge in [0.1, 0.15) is 0 Å². The fourth-order valence-corrected chi connectivity index (χ4v) is 2.60. The van der Waals surface area contributed by atoms with Crippen LogP contribution in [0.3, 0.4) is 0 Å². The molecule has 1 aromatic rings. The van der Waals surface area contributed by atoms with Crippen molar-refractivity contribution in [1.29, 1.82) is 0 Å². The van der Waals surface area contributed by atoms with Crippen LogP contribution in [0.4, 0.5) is 0 Å². The van der Waals surface area contributed by atoms with E-state index in [9.17, 15) is 0 Å². The zero-order chi connectivity index (χ0) is 9.54. The molecule has 0 spiro atoms. The smallest absolute Gasteiger partial charge is 0.0982 e. The van der Waals surface area contributed by atoms with Crippen LogP contribution in [0.5, 0.6) is 0 Å². The first-order valence-electron chi connectivity index (χ1n) is 5.33. The first kappa shape index (κ1) is 8.45. The maximum absolute atomic E-state index is 6.08. The predicted octanol–water partition coefficient (Wildman–Crippen LogP) is 1.79. The van der Waals surface area contributed by atoms with Crippen LogP contribution < -0.4 is 5.73 Å². The maximum Gasteiger partial charge on any atom is 0.0982 e. The Morgan fingerprint density at radius 1 is 1.21 bits per heavy atom. The van der Waals surface area contributed by atoms with Crippen molar-refractivity contribution in [3.05, 3.63) is 35.4 Å². The average molecular weight is 189 g/mol. The standard InChI is InChI=1S/C12H15NO/c13-11-6-5-9-7-8-3-1-2-4-10(8)12(11)14-9/h1-4,9,11-12H,5-7,13H2. The van der Waals surface area contributed by atoms with Crippen molar-refractivity contribution < 1.29 is 4.74 Å². The monoisotopic (exact) mass is 189 g/mol. The van der Waals surface area contributed by atoms with Gasteiger partial charge < -0.3 is 10.5 Å². The summed E-state index contributed by atoms with van der Waals surface area (Å²) >= 11 is 0. The molecule has 0 radical (unpaired) electrons. The van der Waals surface area contributed by atoms with Crippen molar-refractivity contribution in [1.82, 2.24) is 0 Å². The molecule has 0 saturated carbocycles. The highest BCUT2D eigenvalue weighted by molar-refractivity contribution is 5.33. The third-order valence-electron chi connectivity index (χ3n) is 3.36. The maximum atomic E-state index is 6.08. The third-order valence-corrected chi connectivity index (χ3v) is 3.36. The molecule has 2 heterocycles. The van der Waals surface area contributed by atoms with Gasteiger partial charge in [0.25, 0.3) is 0 Å². The van der Waals surface area contributed by atoms with Crippen molar-refractivity contribution in [2.24, 2.45) is 5.73 Å². The van der Waals surface area contributed by atoms with Crippen LogP contribution in [-0.2, 0) is 11.2 Å². The van der Waals surface area contributed by atoms with Gasteiger partial charge in [0.15, 0.2) is 0 Å². The fraction of sp³-hybridized carbons (Fsp3) is 0.500. The Morgan fingerprint density at radius 2 is 2.07 bits per heavy atom. The van der Waals surface area contributed by atoms with Gasteiger partial charge >= 0.3 is 0 Å². The summed E-state index contributed by atoms with van der Waals surface area (Å²) in [5.74, 6) is 0. The predicted molar refractivity (Wildman–Crippen MR) is 55.0 cm³/mol. The van der Waals surface area contributed by atoms with Crippen molar-refractivity contribution >= 4 is 0 Å². The van der Waals surface area contributed by atoms with Gasteiger partial charge in [-0.25, -0.2) is 0 Å². The number of hydrogen-bond donors (Lipinski definition) is 1. The molecule has 74 valence electrons. The highest BCUT2D eigenvalue weighted by Gasteiger charge is 2.35. The molecule has 0 aromatic heterocycles. The lowest BCUT2D eigenvalue weighted by molar-refractivity contribution is -0.0730. The third kappa shape index (κ3) is 1.18. The van der Waals surface area contributed by atoms with Crippen molar-refractivity contribution in [3.63, 3.8) is 0 Å². The van der Waals surface area contributed by atoms with E-state index >= 15 is 0 Å². The molecule has 2 nitrogen and oxygen atoms in total. The molecule has 14 heavy (non-hydrogen) atoms. The Bertz CT molecular complexity index is 350. The van der Waals surface area contributed by atoms with E-state index in [1.54, 1.807) is 0 Å². The molecule has 3 atom stereocenters. The summed E-state index contributed by atoms with van der Waals surface area (Å²) in [5.41, 5.74) is 8.83. The van der Waals surface area contributed by atoms with Crippen LogP contribution in [0, 0.1) is 0 Å². The van der Waals surface area contributed by atoms with Gasteiger partial charge in [-0.3, -0.25) is 0 Å². The van der Waals surface area contributed by atoms with Gasteiger partial charge in [0, 0.05) is 6.04 Å². The molecule has 0 aliphatic carbocycles. The molecule has 2 heteroatoms. The van der Waals surface area contributed by atoms with E-state index < -0.39 is 0 Å². The minimum atomic E-state index is 0.152. The van der Waals surface area contributed by atoms with E-state index in [0.29, 0.717) is 6.10 Å². The second-order valence-corrected chi connectivity index (χ2v) is 4.32. The molecule has 3 rings (SSSR count). The molecule has 1 fully saturated rings. The van der Waals surface area contributed by atoms with Crippen LogP contribution in [0.1, 0.15) is 30.1 Å². The minimum Gasteiger partial charge on any atom is -0.368 e. The van der Waals surface area contributed by atoms with Gasteiger partial charge in [-0.1, -0.05) is 24.3 Å². The quantitative estimate of drug-likeness (QED) is 0.675. The highest BCUT2D eigenvalue weighted by Crippen LogP contribution is 2.38. The number of fused-ring (bicyclic) bond motifs is 4. The van der Waals surface area contributed by atoms with Crippen LogP contribution in [0.25, 0.3) is 0 Å². The lowest BCUT2D eigenvalue weighted by Crippen LogP contribution is -2.42. The number of benzene rings is 1. The lowest BCUT2D eigenvalue weighted by Gasteiger charge is -2.40. The van der Waals surface area contributed by atoms with Gasteiger partial charge in [0.2, 0.25) is 0 Å². The second-order valence-electron chi connectivity index (χ2n) is 4.32. The Balaban J connectivity index is 2.06. The molecule has 2 aliphatic rings. The largest absolute Gasteiger partial charge is 0.368 e. The summed E-state index contributed by atoms with van der Waals surface area (Å²) in [7, 11) is 0. The summed E-state index contributed by atoms with van der Waals surface area (Å²) in [6.07, 6.45) is 3.85. The molecular weight excluding hydrogens is 174 g/mol. The minimum absolute atomic E-state index is 0.152. The Morgan fingerprint density at radius 3 is 3.00 bits per heavy atom. The van der Waals surface area contributed by atoms with E-state index in [4.69, 9.17) is 10.5 Å². The van der Waals surface area contributed by atoms with Crippen LogP contribution >= 0.6 is 0 Å². The highest BCUT2D eigenvalue weighted by atomic mass is 16.5. The number of nitrogens with two attached hydrogens (primary N) is 1. The molecule has 1 aromatic carbocycles. The fourth-order valence-electron chi connectivity index (χ4n) is 2.60. The van der Waals surface area contributed by atoms with E-state index in [0.717, 1.165) is 19.3 Å². The van der Waals surface area contributed by atoms with Crippen LogP contribution in [0.2, 0.25) is 0 Å². The first-order valence-corrected chi connectivity index (χ1v) is 5.33. The molecular formula is C12H15NO. The van der Waals surface area contributed by atoms with Crippen LogP contribution in [0.15, 0.2) is 24.3 Å². The molecule has 2 bridgehead atoms. The second kappa shape index (κ2) is 3.07. The summed E-state index contributed by atoms with van der Waals surface area (Å²) < 4.78 is 5.94. The van der Waals surface area contributed by atoms with Crippen molar-refractivity contribution in [2.75, 3.05) is 0 Å². The summed E-state index contributed by atoms with van der Waals surface area (Å²) in [4.78, 5) is 0. The summed E-state index contributed by atoms with van der Waals surface area (Å²) in [6.45, 7) is 0. The van der Waals surface area contributed by atoms with E-state index in [1.165, 1.54) is 11.1 Å². The normalized spacial score (nSPS) is 35.1. The van der Waals surface area contributed by atoms with Gasteiger partial charge in [-0.15, -0.1) is 0 Å². The zero-order valence-corrected chi connectivity index (χ0v) is 8.15. The molecule has 0 amide bonds. The van der Waals surface area contributed by atoms with E-state index in [1.807, 2.05) is 0 Å². The van der Waals surface area contributed by atoms with E-state index in [-0.39, 0.29) is 12.1 Å². The molecule has 2 N–H and O–H groups in total. The topological polar surface area (TPSA) is 35.2 Å². The van der Waals surface area contributed by atoms with Gasteiger partial charge in [-0.2, -0.15) is 0 Å². The number of ether oxygens (including phenoxy) is 1. The van der Waals surface area contributed by atoms with Crippen molar-refractivity contribution in [3.8, 4) is 0 Å².